The molecule has 184 valence electrons. The zero-order valence-corrected chi connectivity index (χ0v) is 20.4. The number of aromatic nitrogens is 5. The van der Waals surface area contributed by atoms with Gasteiger partial charge in [-0.2, -0.15) is 20.3 Å². The van der Waals surface area contributed by atoms with Crippen LogP contribution in [0.15, 0.2) is 53.1 Å². The van der Waals surface area contributed by atoms with E-state index in [4.69, 9.17) is 9.47 Å². The molecule has 0 bridgehead atoms. The Morgan fingerprint density at radius 1 is 0.973 bits per heavy atom. The van der Waals surface area contributed by atoms with Crippen LogP contribution in [0.4, 0.5) is 28.8 Å². The molecule has 3 aromatic heterocycles. The van der Waals surface area contributed by atoms with Gasteiger partial charge in [0, 0.05) is 48.9 Å². The van der Waals surface area contributed by atoms with Crippen LogP contribution < -0.4 is 20.1 Å². The Kier molecular flexibility index (Phi) is 7.16. The van der Waals surface area contributed by atoms with E-state index in [9.17, 15) is 10.5 Å². The van der Waals surface area contributed by atoms with Crippen LogP contribution in [-0.4, -0.2) is 46.0 Å². The molecular weight excluding hydrogens is 474 g/mol. The Labute approximate surface area is 212 Å². The number of pyridine rings is 1. The summed E-state index contributed by atoms with van der Waals surface area (Å²) in [6, 6.07) is 11.1. The second-order valence-electron chi connectivity index (χ2n) is 7.40. The second kappa shape index (κ2) is 10.8. The minimum absolute atomic E-state index is 0.138. The Hall–Kier alpha value is -5.56. The second-order valence-corrected chi connectivity index (χ2v) is 7.40. The molecule has 0 atom stereocenters. The molecular formula is C24H21N11O2. The molecule has 2 N–H and O–H groups in total. The topological polar surface area (TPSA) is 171 Å². The maximum atomic E-state index is 9.95. The van der Waals surface area contributed by atoms with E-state index >= 15 is 0 Å². The van der Waals surface area contributed by atoms with E-state index in [2.05, 4.69) is 47.0 Å². The Morgan fingerprint density at radius 3 is 2.27 bits per heavy atom. The number of hydrogen-bond acceptors (Lipinski definition) is 12. The lowest BCUT2D eigenvalue weighted by molar-refractivity contribution is 0.395. The van der Waals surface area contributed by atoms with E-state index in [1.807, 2.05) is 6.07 Å². The lowest BCUT2D eigenvalue weighted by Gasteiger charge is -2.15. The molecule has 13 nitrogen and oxygen atoms in total. The molecule has 3 heterocycles. The Morgan fingerprint density at radius 2 is 1.68 bits per heavy atom. The van der Waals surface area contributed by atoms with Crippen molar-refractivity contribution in [1.29, 1.82) is 10.5 Å². The Bertz CT molecular complexity index is 1530. The van der Waals surface area contributed by atoms with Gasteiger partial charge in [-0.15, -0.1) is 10.2 Å². The molecule has 13 heteroatoms. The molecule has 0 saturated carbocycles. The molecule has 0 aliphatic heterocycles. The maximum absolute atomic E-state index is 9.95. The average molecular weight is 496 g/mol. The Balaban J connectivity index is 1.78. The van der Waals surface area contributed by atoms with Crippen LogP contribution in [0.1, 0.15) is 16.7 Å². The molecule has 4 rings (SSSR count). The third-order valence-corrected chi connectivity index (χ3v) is 5.23. The minimum atomic E-state index is 0.138. The third-order valence-electron chi connectivity index (χ3n) is 5.23. The summed E-state index contributed by atoms with van der Waals surface area (Å²) in [7, 11) is 4.77. The fraction of sp³-hybridized carbons (Fsp3) is 0.167. The van der Waals surface area contributed by atoms with Crippen molar-refractivity contribution in [2.75, 3.05) is 31.9 Å². The number of anilines is 3. The normalized spacial score (nSPS) is 10.5. The lowest BCUT2D eigenvalue weighted by atomic mass is 10.1. The molecule has 0 fully saturated rings. The smallest absolute Gasteiger partial charge is 0.252 e. The summed E-state index contributed by atoms with van der Waals surface area (Å²) in [5.74, 6) is 2.18. The third kappa shape index (κ3) is 4.96. The molecule has 0 aliphatic rings. The predicted octanol–water partition coefficient (Wildman–Crippen LogP) is 4.33. The van der Waals surface area contributed by atoms with Crippen molar-refractivity contribution in [2.45, 2.75) is 6.92 Å². The van der Waals surface area contributed by atoms with Crippen LogP contribution in [0.3, 0.4) is 0 Å². The van der Waals surface area contributed by atoms with E-state index in [0.29, 0.717) is 40.1 Å². The summed E-state index contributed by atoms with van der Waals surface area (Å²) in [5.41, 5.74) is 1.89. The SMILES string of the molecule is CNc1nc(Nc2cc(OC)cc(OC)c2)c(C#N)c(C)c1N=Nc1c(C#N)cnn1-c1ncccn1. The van der Waals surface area contributed by atoms with Crippen molar-refractivity contribution in [1.82, 2.24) is 24.7 Å². The van der Waals surface area contributed by atoms with Crippen LogP contribution in [0.5, 0.6) is 11.5 Å². The molecule has 4 aromatic rings. The van der Waals surface area contributed by atoms with Crippen molar-refractivity contribution in [2.24, 2.45) is 10.2 Å². The van der Waals surface area contributed by atoms with Gasteiger partial charge >= 0.3 is 0 Å². The van der Waals surface area contributed by atoms with Crippen LogP contribution >= 0.6 is 0 Å². The predicted molar refractivity (Wildman–Crippen MR) is 134 cm³/mol. The number of azo groups is 1. The van der Waals surface area contributed by atoms with Crippen molar-refractivity contribution >= 4 is 28.8 Å². The van der Waals surface area contributed by atoms with Crippen molar-refractivity contribution in [3.63, 3.8) is 0 Å². The zero-order chi connectivity index (χ0) is 26.4. The molecule has 0 amide bonds. The summed E-state index contributed by atoms with van der Waals surface area (Å²) in [6.45, 7) is 1.73. The van der Waals surface area contributed by atoms with E-state index < -0.39 is 0 Å². The summed E-state index contributed by atoms with van der Waals surface area (Å²) < 4.78 is 12.0. The van der Waals surface area contributed by atoms with Crippen LogP contribution in [0.2, 0.25) is 0 Å². The standard InChI is InChI=1S/C24H21N11O2/c1-14-19(12-26)21(31-16-8-17(36-3)10-18(9-16)37-4)32-22(27-2)20(14)33-34-23-15(11-25)13-30-35(23)24-28-6-5-7-29-24/h5-10,13H,1-4H3,(H2,27,31,32). The summed E-state index contributed by atoms with van der Waals surface area (Å²) in [6.07, 6.45) is 4.45. The monoisotopic (exact) mass is 495 g/mol. The molecule has 1 aromatic carbocycles. The maximum Gasteiger partial charge on any atom is 0.252 e. The van der Waals surface area contributed by atoms with Crippen LogP contribution in [0.25, 0.3) is 5.95 Å². The van der Waals surface area contributed by atoms with E-state index in [1.165, 1.54) is 10.9 Å². The quantitative estimate of drug-likeness (QED) is 0.335. The van der Waals surface area contributed by atoms with Crippen LogP contribution in [-0.2, 0) is 0 Å². The first-order valence-corrected chi connectivity index (χ1v) is 10.8. The van der Waals surface area contributed by atoms with Gasteiger partial charge in [0.15, 0.2) is 17.5 Å². The number of methoxy groups -OCH3 is 2. The van der Waals surface area contributed by atoms with Crippen molar-refractivity contribution in [3.8, 4) is 29.6 Å². The minimum Gasteiger partial charge on any atom is -0.497 e. The van der Waals surface area contributed by atoms with E-state index in [1.54, 1.807) is 64.9 Å². The lowest BCUT2D eigenvalue weighted by Crippen LogP contribution is -2.04. The number of nitrogens with one attached hydrogen (secondary N) is 2. The van der Waals surface area contributed by atoms with E-state index in [0.717, 1.165) is 0 Å². The first-order valence-electron chi connectivity index (χ1n) is 10.8. The first-order chi connectivity index (χ1) is 18.0. The number of nitriles is 2. The first kappa shape index (κ1) is 24.6. The van der Waals surface area contributed by atoms with Gasteiger partial charge in [0.05, 0.1) is 26.0 Å². The highest BCUT2D eigenvalue weighted by Crippen LogP contribution is 2.37. The number of ether oxygens (including phenoxy) is 2. The van der Waals surface area contributed by atoms with Gasteiger partial charge in [0.25, 0.3) is 5.95 Å². The zero-order valence-electron chi connectivity index (χ0n) is 20.4. The fourth-order valence-corrected chi connectivity index (χ4v) is 3.40. The number of rotatable bonds is 8. The molecule has 0 unspecified atom stereocenters. The number of hydrogen-bond donors (Lipinski definition) is 2. The molecule has 0 spiro atoms. The molecule has 0 aliphatic carbocycles. The van der Waals surface area contributed by atoms with Gasteiger partial charge < -0.3 is 20.1 Å². The highest BCUT2D eigenvalue weighted by Gasteiger charge is 2.19. The fourth-order valence-electron chi connectivity index (χ4n) is 3.40. The van der Waals surface area contributed by atoms with Gasteiger partial charge in [0.2, 0.25) is 0 Å². The number of benzene rings is 1. The summed E-state index contributed by atoms with van der Waals surface area (Å²) in [4.78, 5) is 12.9. The average Bonchev–Trinajstić information content (AvgIpc) is 3.35. The largest absolute Gasteiger partial charge is 0.497 e. The molecule has 0 saturated heterocycles. The van der Waals surface area contributed by atoms with Gasteiger partial charge in [0.1, 0.15) is 34.9 Å². The van der Waals surface area contributed by atoms with Gasteiger partial charge in [-0.25, -0.2) is 15.0 Å². The van der Waals surface area contributed by atoms with Gasteiger partial charge in [-0.1, -0.05) is 0 Å². The van der Waals surface area contributed by atoms with Gasteiger partial charge in [-0.05, 0) is 13.0 Å². The summed E-state index contributed by atoms with van der Waals surface area (Å²) >= 11 is 0. The highest BCUT2D eigenvalue weighted by molar-refractivity contribution is 5.77. The van der Waals surface area contributed by atoms with Crippen molar-refractivity contribution in [3.05, 3.63) is 59.5 Å². The van der Waals surface area contributed by atoms with Gasteiger partial charge in [-0.3, -0.25) is 0 Å². The number of nitrogens with zero attached hydrogens (tertiary/aromatic N) is 9. The highest BCUT2D eigenvalue weighted by atomic mass is 16.5. The molecule has 0 radical (unpaired) electrons. The van der Waals surface area contributed by atoms with Crippen molar-refractivity contribution < 1.29 is 9.47 Å². The van der Waals surface area contributed by atoms with Crippen LogP contribution in [0, 0.1) is 29.6 Å². The molecule has 37 heavy (non-hydrogen) atoms. The van der Waals surface area contributed by atoms with E-state index in [-0.39, 0.29) is 22.9 Å². The summed E-state index contributed by atoms with van der Waals surface area (Å²) in [5, 5.41) is 38.4.